The van der Waals surface area contributed by atoms with Crippen molar-refractivity contribution in [3.05, 3.63) is 65.6 Å². The molecule has 0 radical (unpaired) electrons. The number of thiophene rings is 1. The summed E-state index contributed by atoms with van der Waals surface area (Å²) in [5.41, 5.74) is 2.38. The molecule has 1 aromatic carbocycles. The number of fused-ring (bicyclic) bond motifs is 1. The average molecular weight is 391 g/mol. The number of aryl methyl sites for hydroxylation is 1. The Kier molecular flexibility index (Phi) is 5.90. The van der Waals surface area contributed by atoms with Crippen LogP contribution in [0.3, 0.4) is 0 Å². The summed E-state index contributed by atoms with van der Waals surface area (Å²) < 4.78 is 26.8. The number of nitrogens with one attached hydrogen (secondary N) is 1. The second kappa shape index (κ2) is 8.16. The van der Waals surface area contributed by atoms with Crippen LogP contribution in [0.25, 0.3) is 0 Å². The molecule has 0 bridgehead atoms. The Hall–Kier alpha value is -1.96. The highest BCUT2D eigenvalue weighted by Crippen LogP contribution is 2.29. The predicted molar refractivity (Wildman–Crippen MR) is 104 cm³/mol. The molecule has 7 heteroatoms. The Morgan fingerprint density at radius 2 is 2.12 bits per heavy atom. The minimum Gasteiger partial charge on any atom is -0.348 e. The molecule has 1 heterocycles. The van der Waals surface area contributed by atoms with Gasteiger partial charge in [-0.25, -0.2) is 8.42 Å². The van der Waals surface area contributed by atoms with E-state index in [1.165, 1.54) is 11.6 Å². The van der Waals surface area contributed by atoms with Gasteiger partial charge in [-0.15, -0.1) is 17.9 Å². The topological polar surface area (TPSA) is 66.5 Å². The highest BCUT2D eigenvalue weighted by Gasteiger charge is 2.28. The van der Waals surface area contributed by atoms with E-state index in [-0.39, 0.29) is 29.2 Å². The largest absolute Gasteiger partial charge is 0.348 e. The van der Waals surface area contributed by atoms with Gasteiger partial charge in [0.05, 0.1) is 12.6 Å². The number of carbonyl (C=O) groups is 1. The highest BCUT2D eigenvalue weighted by molar-refractivity contribution is 7.91. The lowest BCUT2D eigenvalue weighted by Gasteiger charge is -2.27. The van der Waals surface area contributed by atoms with Crippen molar-refractivity contribution in [2.45, 2.75) is 29.5 Å². The summed E-state index contributed by atoms with van der Waals surface area (Å²) in [6.45, 7) is 3.49. The Morgan fingerprint density at radius 1 is 1.31 bits per heavy atom. The highest BCUT2D eigenvalue weighted by atomic mass is 32.2. The van der Waals surface area contributed by atoms with Crippen LogP contribution < -0.4 is 5.32 Å². The lowest BCUT2D eigenvalue weighted by Crippen LogP contribution is -2.42. The summed E-state index contributed by atoms with van der Waals surface area (Å²) in [6.07, 6.45) is 4.37. The molecule has 26 heavy (non-hydrogen) atoms. The number of sulfonamides is 1. The zero-order chi connectivity index (χ0) is 18.6. The zero-order valence-electron chi connectivity index (χ0n) is 14.4. The summed E-state index contributed by atoms with van der Waals surface area (Å²) in [7, 11) is -3.70. The summed E-state index contributed by atoms with van der Waals surface area (Å²) >= 11 is 1.14. The fraction of sp³-hybridized carbons (Fsp3) is 0.316. The molecule has 5 nitrogen and oxygen atoms in total. The van der Waals surface area contributed by atoms with E-state index in [9.17, 15) is 13.2 Å². The van der Waals surface area contributed by atoms with Crippen molar-refractivity contribution in [3.8, 4) is 0 Å². The maximum absolute atomic E-state index is 12.7. The smallest absolute Gasteiger partial charge is 0.253 e. The third-order valence-corrected chi connectivity index (χ3v) is 7.63. The summed E-state index contributed by atoms with van der Waals surface area (Å²) in [5.74, 6) is -0.298. The van der Waals surface area contributed by atoms with Gasteiger partial charge in [-0.2, -0.15) is 4.31 Å². The van der Waals surface area contributed by atoms with Crippen molar-refractivity contribution in [3.63, 3.8) is 0 Å². The van der Waals surface area contributed by atoms with Crippen LogP contribution in [0.5, 0.6) is 0 Å². The molecule has 1 aromatic heterocycles. The van der Waals surface area contributed by atoms with E-state index >= 15 is 0 Å². The van der Waals surface area contributed by atoms with Gasteiger partial charge in [0.15, 0.2) is 0 Å². The molecule has 1 aliphatic rings. The van der Waals surface area contributed by atoms with Crippen LogP contribution in [0, 0.1) is 0 Å². The molecule has 1 aliphatic carbocycles. The van der Waals surface area contributed by atoms with Gasteiger partial charge < -0.3 is 5.32 Å². The van der Waals surface area contributed by atoms with Gasteiger partial charge in [0.1, 0.15) is 4.21 Å². The van der Waals surface area contributed by atoms with Gasteiger partial charge in [-0.3, -0.25) is 4.79 Å². The summed E-state index contributed by atoms with van der Waals surface area (Å²) in [5, 5.41) is 4.71. The van der Waals surface area contributed by atoms with Gasteiger partial charge in [0, 0.05) is 6.54 Å². The van der Waals surface area contributed by atoms with E-state index in [0.717, 1.165) is 40.5 Å². The van der Waals surface area contributed by atoms with Gasteiger partial charge in [0.2, 0.25) is 5.91 Å². The summed E-state index contributed by atoms with van der Waals surface area (Å²) in [4.78, 5) is 12.6. The fourth-order valence-corrected chi connectivity index (χ4v) is 5.74. The molecule has 0 saturated carbocycles. The standard InChI is InChI=1S/C19H22N2O3S2/c1-2-12-21(26(23,24)19-11-6-13-25-19)14-18(22)20-17-10-5-8-15-7-3-4-9-16(15)17/h2-4,6-7,9,11,13,17H,1,5,8,10,12,14H2,(H,20,22). The van der Waals surface area contributed by atoms with Crippen LogP contribution in [0.15, 0.2) is 58.6 Å². The molecule has 0 fully saturated rings. The molecular weight excluding hydrogens is 368 g/mol. The van der Waals surface area contributed by atoms with Gasteiger partial charge in [-0.1, -0.05) is 36.4 Å². The number of hydrogen-bond donors (Lipinski definition) is 1. The minimum atomic E-state index is -3.70. The van der Waals surface area contributed by atoms with Crippen molar-refractivity contribution in [1.29, 1.82) is 0 Å². The quantitative estimate of drug-likeness (QED) is 0.739. The first-order valence-corrected chi connectivity index (χ1v) is 10.9. The summed E-state index contributed by atoms with van der Waals surface area (Å²) in [6, 6.07) is 11.2. The SMILES string of the molecule is C=CCN(CC(=O)NC1CCCc2ccccc21)S(=O)(=O)c1cccs1. The van der Waals surface area contributed by atoms with Crippen LogP contribution in [0.2, 0.25) is 0 Å². The first-order chi connectivity index (χ1) is 12.5. The molecule has 138 valence electrons. The predicted octanol–water partition coefficient (Wildman–Crippen LogP) is 3.12. The van der Waals surface area contributed by atoms with Crippen LogP contribution in [0.1, 0.15) is 30.0 Å². The lowest BCUT2D eigenvalue weighted by molar-refractivity contribution is -0.122. The van der Waals surface area contributed by atoms with E-state index in [0.29, 0.717) is 0 Å². The van der Waals surface area contributed by atoms with Crippen LogP contribution in [0.4, 0.5) is 0 Å². The maximum atomic E-state index is 12.7. The molecule has 1 amide bonds. The molecule has 1 unspecified atom stereocenters. The van der Waals surface area contributed by atoms with E-state index in [4.69, 9.17) is 0 Å². The van der Waals surface area contributed by atoms with Gasteiger partial charge >= 0.3 is 0 Å². The molecule has 1 atom stereocenters. The first-order valence-electron chi connectivity index (χ1n) is 8.54. The second-order valence-corrected chi connectivity index (χ2v) is 9.34. The van der Waals surface area contributed by atoms with Gasteiger partial charge in [0.25, 0.3) is 10.0 Å². The zero-order valence-corrected chi connectivity index (χ0v) is 16.1. The molecule has 0 spiro atoms. The number of hydrogen-bond acceptors (Lipinski definition) is 4. The van der Waals surface area contributed by atoms with Crippen molar-refractivity contribution in [2.24, 2.45) is 0 Å². The number of rotatable bonds is 7. The molecule has 0 aliphatic heterocycles. The van der Waals surface area contributed by atoms with Crippen molar-refractivity contribution in [2.75, 3.05) is 13.1 Å². The van der Waals surface area contributed by atoms with Crippen molar-refractivity contribution >= 4 is 27.3 Å². The molecule has 0 saturated heterocycles. The number of benzene rings is 1. The van der Waals surface area contributed by atoms with E-state index in [2.05, 4.69) is 18.0 Å². The molecule has 1 N–H and O–H groups in total. The van der Waals surface area contributed by atoms with Crippen molar-refractivity contribution in [1.82, 2.24) is 9.62 Å². The molecular formula is C19H22N2O3S2. The van der Waals surface area contributed by atoms with E-state index in [1.54, 1.807) is 17.5 Å². The number of amides is 1. The first kappa shape index (κ1) is 18.8. The monoisotopic (exact) mass is 390 g/mol. The lowest BCUT2D eigenvalue weighted by atomic mass is 9.88. The Bertz CT molecular complexity index is 876. The average Bonchev–Trinajstić information content (AvgIpc) is 3.17. The third kappa shape index (κ3) is 4.06. The molecule has 3 rings (SSSR count). The Morgan fingerprint density at radius 3 is 2.85 bits per heavy atom. The van der Waals surface area contributed by atoms with Crippen molar-refractivity contribution < 1.29 is 13.2 Å². The Balaban J connectivity index is 1.73. The number of carbonyl (C=O) groups excluding carboxylic acids is 1. The van der Waals surface area contributed by atoms with Crippen LogP contribution >= 0.6 is 11.3 Å². The minimum absolute atomic E-state index is 0.0672. The second-order valence-electron chi connectivity index (χ2n) is 6.23. The van der Waals surface area contributed by atoms with E-state index < -0.39 is 10.0 Å². The fourth-order valence-electron chi connectivity index (χ4n) is 3.23. The third-order valence-electron chi connectivity index (χ3n) is 4.45. The van der Waals surface area contributed by atoms with Crippen LogP contribution in [-0.4, -0.2) is 31.7 Å². The van der Waals surface area contributed by atoms with E-state index in [1.807, 2.05) is 18.2 Å². The normalized spacial score (nSPS) is 16.9. The maximum Gasteiger partial charge on any atom is 0.253 e. The molecule has 2 aromatic rings. The van der Waals surface area contributed by atoms with Crippen LogP contribution in [-0.2, 0) is 21.2 Å². The van der Waals surface area contributed by atoms with Gasteiger partial charge in [-0.05, 0) is 41.8 Å². The Labute approximate surface area is 158 Å². The number of nitrogens with zero attached hydrogens (tertiary/aromatic N) is 1.